The molecule has 1 aliphatic rings. The molecule has 0 aliphatic carbocycles. The van der Waals surface area contributed by atoms with E-state index in [2.05, 4.69) is 5.16 Å². The summed E-state index contributed by atoms with van der Waals surface area (Å²) < 4.78 is 62.7. The summed E-state index contributed by atoms with van der Waals surface area (Å²) in [5, 5.41) is 3.89. The molecule has 1 aliphatic heterocycles. The molecule has 4 aromatic rings. The molecule has 8 nitrogen and oxygen atoms in total. The van der Waals surface area contributed by atoms with Crippen LogP contribution >= 0.6 is 0 Å². The van der Waals surface area contributed by atoms with Crippen LogP contribution < -0.4 is 19.9 Å². The zero-order chi connectivity index (χ0) is 31.4. The van der Waals surface area contributed by atoms with Crippen molar-refractivity contribution in [2.75, 3.05) is 33.1 Å². The fourth-order valence-corrected chi connectivity index (χ4v) is 5.60. The van der Waals surface area contributed by atoms with E-state index in [4.69, 9.17) is 24.5 Å². The van der Waals surface area contributed by atoms with Crippen LogP contribution in [-0.4, -0.2) is 43.3 Å². The average molecular weight is 610 g/mol. The minimum absolute atomic E-state index is 0.140. The molecule has 0 saturated heterocycles. The van der Waals surface area contributed by atoms with Crippen LogP contribution in [0.5, 0.6) is 17.2 Å². The third-order valence-electron chi connectivity index (χ3n) is 7.90. The predicted octanol–water partition coefficient (Wildman–Crippen LogP) is 6.33. The van der Waals surface area contributed by atoms with Gasteiger partial charge in [-0.05, 0) is 77.6 Å². The van der Waals surface area contributed by atoms with E-state index < -0.39 is 17.8 Å². The van der Waals surface area contributed by atoms with Gasteiger partial charge in [0, 0.05) is 31.9 Å². The Bertz CT molecular complexity index is 1620. The van der Waals surface area contributed by atoms with Gasteiger partial charge < -0.3 is 29.4 Å². The summed E-state index contributed by atoms with van der Waals surface area (Å²) in [4.78, 5) is 15.4. The van der Waals surface area contributed by atoms with Crippen molar-refractivity contribution in [1.29, 1.82) is 0 Å². The third-order valence-corrected chi connectivity index (χ3v) is 7.90. The van der Waals surface area contributed by atoms with Crippen LogP contribution in [0.2, 0.25) is 0 Å². The van der Waals surface area contributed by atoms with Gasteiger partial charge in [-0.1, -0.05) is 17.3 Å². The Kier molecular flexibility index (Phi) is 9.03. The number of methoxy groups -OCH3 is 2. The van der Waals surface area contributed by atoms with Gasteiger partial charge in [-0.15, -0.1) is 0 Å². The van der Waals surface area contributed by atoms with E-state index in [1.807, 2.05) is 24.3 Å². The Morgan fingerprint density at radius 1 is 1.00 bits per heavy atom. The van der Waals surface area contributed by atoms with E-state index in [1.165, 1.54) is 12.3 Å². The standard InChI is InChI=1S/C33H34F3N3O5/c1-20-16-23(33(34,35)36)5-7-25(20)32-26-19-30(43-14-11-21-4-8-27(37)28(17-21)41-2)29(42-3)18-22(26)10-13-39(32)31(40)9-6-24-12-15-44-38-24/h4-5,7-8,12,15-19,32H,6,9-11,13-14,37H2,1-3H3. The number of anilines is 1. The van der Waals surface area contributed by atoms with Crippen molar-refractivity contribution in [3.8, 4) is 17.2 Å². The zero-order valence-electron chi connectivity index (χ0n) is 24.7. The quantitative estimate of drug-likeness (QED) is 0.210. The normalized spacial score (nSPS) is 14.7. The number of nitrogens with zero attached hydrogens (tertiary/aromatic N) is 2. The van der Waals surface area contributed by atoms with Crippen LogP contribution in [0, 0.1) is 6.92 Å². The predicted molar refractivity (Wildman–Crippen MR) is 158 cm³/mol. The number of aromatic nitrogens is 1. The molecule has 1 aromatic heterocycles. The van der Waals surface area contributed by atoms with Crippen molar-refractivity contribution in [3.05, 3.63) is 99.9 Å². The van der Waals surface area contributed by atoms with Crippen LogP contribution in [0.1, 0.15) is 51.5 Å². The van der Waals surface area contributed by atoms with Crippen molar-refractivity contribution < 1.29 is 36.7 Å². The molecule has 0 radical (unpaired) electrons. The summed E-state index contributed by atoms with van der Waals surface area (Å²) in [6, 6.07) is 14.0. The minimum atomic E-state index is -4.48. The lowest BCUT2D eigenvalue weighted by atomic mass is 9.85. The van der Waals surface area contributed by atoms with Gasteiger partial charge in [-0.25, -0.2) is 0 Å². The SMILES string of the molecule is COc1cc(CCOc2cc3c(cc2OC)CCN(C(=O)CCc2ccon2)C3c2ccc(C(F)(F)F)cc2C)ccc1N. The largest absolute Gasteiger partial charge is 0.495 e. The Morgan fingerprint density at radius 3 is 2.48 bits per heavy atom. The number of fused-ring (bicyclic) bond motifs is 1. The summed E-state index contributed by atoms with van der Waals surface area (Å²) in [5.41, 5.74) is 10.1. The summed E-state index contributed by atoms with van der Waals surface area (Å²) in [5.74, 6) is 1.45. The fraction of sp³-hybridized carbons (Fsp3) is 0.333. The first-order valence-corrected chi connectivity index (χ1v) is 14.2. The van der Waals surface area contributed by atoms with Gasteiger partial charge in [0.05, 0.1) is 43.8 Å². The van der Waals surface area contributed by atoms with Crippen molar-refractivity contribution in [2.45, 2.75) is 44.8 Å². The highest BCUT2D eigenvalue weighted by molar-refractivity contribution is 5.78. The molecular weight excluding hydrogens is 575 g/mol. The topological polar surface area (TPSA) is 100 Å². The van der Waals surface area contributed by atoms with E-state index >= 15 is 0 Å². The Morgan fingerprint density at radius 2 is 1.80 bits per heavy atom. The number of nitrogens with two attached hydrogens (primary N) is 1. The molecule has 232 valence electrons. The van der Waals surface area contributed by atoms with E-state index in [1.54, 1.807) is 38.2 Å². The van der Waals surface area contributed by atoms with E-state index in [0.717, 1.165) is 28.8 Å². The van der Waals surface area contributed by atoms with Crippen molar-refractivity contribution >= 4 is 11.6 Å². The molecule has 1 amide bonds. The molecule has 0 bridgehead atoms. The minimum Gasteiger partial charge on any atom is -0.495 e. The van der Waals surface area contributed by atoms with Gasteiger partial charge >= 0.3 is 6.18 Å². The summed E-state index contributed by atoms with van der Waals surface area (Å²) >= 11 is 0. The second-order valence-corrected chi connectivity index (χ2v) is 10.7. The smallest absolute Gasteiger partial charge is 0.416 e. The van der Waals surface area contributed by atoms with E-state index in [0.29, 0.717) is 72.2 Å². The number of carbonyl (C=O) groups excluding carboxylic acids is 1. The molecule has 3 aromatic carbocycles. The number of ether oxygens (including phenoxy) is 3. The maximum atomic E-state index is 13.6. The lowest BCUT2D eigenvalue weighted by Crippen LogP contribution is -2.41. The van der Waals surface area contributed by atoms with E-state index in [9.17, 15) is 18.0 Å². The van der Waals surface area contributed by atoms with Crippen LogP contribution in [0.3, 0.4) is 0 Å². The molecule has 0 saturated carbocycles. The van der Waals surface area contributed by atoms with Crippen molar-refractivity contribution in [2.24, 2.45) is 0 Å². The highest BCUT2D eigenvalue weighted by atomic mass is 19.4. The maximum Gasteiger partial charge on any atom is 0.416 e. The van der Waals surface area contributed by atoms with Gasteiger partial charge in [0.25, 0.3) is 0 Å². The van der Waals surface area contributed by atoms with Crippen molar-refractivity contribution in [1.82, 2.24) is 10.1 Å². The Balaban J connectivity index is 1.48. The van der Waals surface area contributed by atoms with Crippen molar-refractivity contribution in [3.63, 3.8) is 0 Å². The maximum absolute atomic E-state index is 13.6. The van der Waals surface area contributed by atoms with Gasteiger partial charge in [0.2, 0.25) is 5.91 Å². The molecule has 0 fully saturated rings. The lowest BCUT2D eigenvalue weighted by molar-refractivity contribution is -0.138. The summed E-state index contributed by atoms with van der Waals surface area (Å²) in [6.07, 6.45) is -1.38. The molecule has 2 N–H and O–H groups in total. The van der Waals surface area contributed by atoms with Crippen LogP contribution in [0.25, 0.3) is 0 Å². The Hall–Kier alpha value is -4.67. The summed E-state index contributed by atoms with van der Waals surface area (Å²) in [6.45, 7) is 2.34. The Labute approximate surface area is 253 Å². The van der Waals surface area contributed by atoms with Gasteiger partial charge in [0.1, 0.15) is 12.0 Å². The number of nitrogen functional groups attached to an aromatic ring is 1. The monoisotopic (exact) mass is 609 g/mol. The second-order valence-electron chi connectivity index (χ2n) is 10.7. The third kappa shape index (κ3) is 6.61. The number of rotatable bonds is 10. The second kappa shape index (κ2) is 12.9. The lowest BCUT2D eigenvalue weighted by Gasteiger charge is -2.39. The fourth-order valence-electron chi connectivity index (χ4n) is 5.60. The van der Waals surface area contributed by atoms with Crippen LogP contribution in [-0.2, 0) is 30.2 Å². The van der Waals surface area contributed by atoms with Gasteiger partial charge in [0.15, 0.2) is 11.5 Å². The molecule has 0 spiro atoms. The molecular formula is C33H34F3N3O5. The van der Waals surface area contributed by atoms with E-state index in [-0.39, 0.29) is 12.3 Å². The van der Waals surface area contributed by atoms with Crippen LogP contribution in [0.4, 0.5) is 18.9 Å². The molecule has 1 unspecified atom stereocenters. The number of aryl methyl sites for hydroxylation is 2. The molecule has 2 heterocycles. The zero-order valence-corrected chi connectivity index (χ0v) is 24.7. The molecule has 44 heavy (non-hydrogen) atoms. The van der Waals surface area contributed by atoms with Gasteiger partial charge in [-0.2, -0.15) is 13.2 Å². The first-order chi connectivity index (χ1) is 21.1. The first kappa shape index (κ1) is 30.8. The molecule has 1 atom stereocenters. The number of hydrogen-bond acceptors (Lipinski definition) is 7. The summed E-state index contributed by atoms with van der Waals surface area (Å²) in [7, 11) is 3.11. The highest BCUT2D eigenvalue weighted by Crippen LogP contribution is 2.43. The number of alkyl halides is 3. The van der Waals surface area contributed by atoms with Crippen LogP contribution in [0.15, 0.2) is 65.4 Å². The number of benzene rings is 3. The average Bonchev–Trinajstić information content (AvgIpc) is 3.53. The number of hydrogen-bond donors (Lipinski definition) is 1. The van der Waals surface area contributed by atoms with Gasteiger partial charge in [-0.3, -0.25) is 4.79 Å². The number of amides is 1. The molecule has 11 heteroatoms. The number of carbonyl (C=O) groups is 1. The first-order valence-electron chi connectivity index (χ1n) is 14.2. The highest BCUT2D eigenvalue weighted by Gasteiger charge is 2.36. The molecule has 5 rings (SSSR count). The number of halogens is 3.